The van der Waals surface area contributed by atoms with Gasteiger partial charge in [0.25, 0.3) is 0 Å². The minimum Gasteiger partial charge on any atom is -0.454 e. The fourth-order valence-corrected chi connectivity index (χ4v) is 3.31. The van der Waals surface area contributed by atoms with Crippen molar-refractivity contribution in [2.45, 2.75) is 44.6 Å². The number of nitrogens with one attached hydrogen (secondary N) is 3. The van der Waals surface area contributed by atoms with E-state index in [0.29, 0.717) is 31.8 Å². The van der Waals surface area contributed by atoms with Crippen LogP contribution in [0.4, 0.5) is 0 Å². The Balaban J connectivity index is 0.00000261. The monoisotopic (exact) mass is 488 g/mol. The fraction of sp³-hybridized carbons (Fsp3) is 0.579. The number of carbonyl (C=O) groups is 1. The van der Waals surface area contributed by atoms with Crippen LogP contribution in [0.25, 0.3) is 0 Å². The van der Waals surface area contributed by atoms with Gasteiger partial charge in [0.05, 0.1) is 0 Å². The first-order valence-electron chi connectivity index (χ1n) is 9.37. The number of fused-ring (bicyclic) bond motifs is 1. The highest BCUT2D eigenvalue weighted by atomic mass is 127. The molecule has 3 rings (SSSR count). The number of hydrogen-bond acceptors (Lipinski definition) is 4. The van der Waals surface area contributed by atoms with Crippen LogP contribution < -0.4 is 25.4 Å². The molecule has 0 unspecified atom stereocenters. The number of guanidine groups is 1. The summed E-state index contributed by atoms with van der Waals surface area (Å²) in [6, 6.07) is 6.36. The maximum atomic E-state index is 11.9. The summed E-state index contributed by atoms with van der Waals surface area (Å²) in [7, 11) is 1.73. The number of carbonyl (C=O) groups excluding carboxylic acids is 1. The standard InChI is InChI=1S/C19H28N4O3.HI/c1-20-19(22-11-9-18(24)23-15-4-2-3-5-15)21-10-8-14-6-7-16-17(12-14)26-13-25-16;/h6-7,12,15H,2-5,8-11,13H2,1H3,(H,23,24)(H2,20,21,22);1H. The van der Waals surface area contributed by atoms with Crippen molar-refractivity contribution in [3.05, 3.63) is 23.8 Å². The van der Waals surface area contributed by atoms with Gasteiger partial charge in [0.1, 0.15) is 0 Å². The van der Waals surface area contributed by atoms with Gasteiger partial charge in [-0.1, -0.05) is 18.9 Å². The van der Waals surface area contributed by atoms with E-state index in [9.17, 15) is 4.79 Å². The summed E-state index contributed by atoms with van der Waals surface area (Å²) < 4.78 is 10.7. The van der Waals surface area contributed by atoms with Gasteiger partial charge in [-0.25, -0.2) is 0 Å². The predicted octanol–water partition coefficient (Wildman–Crippen LogP) is 2.19. The minimum absolute atomic E-state index is 0. The largest absolute Gasteiger partial charge is 0.454 e. The Kier molecular flexibility index (Phi) is 8.96. The number of aliphatic imine (C=N–C) groups is 1. The van der Waals surface area contributed by atoms with Crippen LogP contribution in [-0.2, 0) is 11.2 Å². The Morgan fingerprint density at radius 2 is 1.89 bits per heavy atom. The number of amides is 1. The Bertz CT molecular complexity index is 648. The molecule has 0 spiro atoms. The predicted molar refractivity (Wildman–Crippen MR) is 116 cm³/mol. The third kappa shape index (κ3) is 6.75. The molecular weight excluding hydrogens is 459 g/mol. The maximum absolute atomic E-state index is 11.9. The van der Waals surface area contributed by atoms with E-state index in [2.05, 4.69) is 20.9 Å². The van der Waals surface area contributed by atoms with Gasteiger partial charge in [0.15, 0.2) is 17.5 Å². The molecule has 1 aromatic rings. The molecule has 0 radical (unpaired) electrons. The Morgan fingerprint density at radius 3 is 2.67 bits per heavy atom. The Labute approximate surface area is 177 Å². The first-order valence-corrected chi connectivity index (χ1v) is 9.37. The van der Waals surface area contributed by atoms with Crippen LogP contribution in [-0.4, -0.2) is 44.8 Å². The second kappa shape index (κ2) is 11.2. The lowest BCUT2D eigenvalue weighted by atomic mass is 10.1. The lowest BCUT2D eigenvalue weighted by molar-refractivity contribution is -0.121. The summed E-state index contributed by atoms with van der Waals surface area (Å²) in [6.07, 6.45) is 5.98. The molecule has 0 bridgehead atoms. The molecule has 1 amide bonds. The van der Waals surface area contributed by atoms with Crippen LogP contribution in [0, 0.1) is 0 Å². The molecule has 150 valence electrons. The third-order valence-corrected chi connectivity index (χ3v) is 4.73. The Morgan fingerprint density at radius 1 is 1.15 bits per heavy atom. The van der Waals surface area contributed by atoms with Crippen LogP contribution in [0.15, 0.2) is 23.2 Å². The summed E-state index contributed by atoms with van der Waals surface area (Å²) in [5, 5.41) is 9.55. The number of nitrogens with zero attached hydrogens (tertiary/aromatic N) is 1. The molecule has 1 aliphatic heterocycles. The maximum Gasteiger partial charge on any atom is 0.231 e. The highest BCUT2D eigenvalue weighted by Gasteiger charge is 2.16. The molecule has 7 nitrogen and oxygen atoms in total. The molecule has 0 saturated heterocycles. The van der Waals surface area contributed by atoms with E-state index >= 15 is 0 Å². The third-order valence-electron chi connectivity index (χ3n) is 4.73. The molecule has 8 heteroatoms. The molecule has 1 saturated carbocycles. The summed E-state index contributed by atoms with van der Waals surface area (Å²) in [4.78, 5) is 16.1. The first-order chi connectivity index (χ1) is 12.7. The van der Waals surface area contributed by atoms with Crippen molar-refractivity contribution in [3.63, 3.8) is 0 Å². The second-order valence-corrected chi connectivity index (χ2v) is 6.66. The number of hydrogen-bond donors (Lipinski definition) is 3. The van der Waals surface area contributed by atoms with E-state index in [1.165, 1.54) is 18.4 Å². The topological polar surface area (TPSA) is 84.0 Å². The van der Waals surface area contributed by atoms with Crippen molar-refractivity contribution in [2.75, 3.05) is 26.9 Å². The van der Waals surface area contributed by atoms with Crippen LogP contribution >= 0.6 is 24.0 Å². The summed E-state index contributed by atoms with van der Waals surface area (Å²) in [6.45, 7) is 1.61. The van der Waals surface area contributed by atoms with Gasteiger partial charge in [-0.3, -0.25) is 9.79 Å². The summed E-state index contributed by atoms with van der Waals surface area (Å²) in [5.74, 6) is 2.42. The number of benzene rings is 1. The quantitative estimate of drug-likeness (QED) is 0.312. The molecule has 1 aromatic carbocycles. The molecule has 1 aliphatic carbocycles. The molecule has 0 atom stereocenters. The minimum atomic E-state index is 0. The zero-order valence-electron chi connectivity index (χ0n) is 15.8. The van der Waals surface area contributed by atoms with E-state index < -0.39 is 0 Å². The molecule has 27 heavy (non-hydrogen) atoms. The van der Waals surface area contributed by atoms with E-state index in [4.69, 9.17) is 9.47 Å². The number of rotatable bonds is 7. The van der Waals surface area contributed by atoms with Gasteiger partial charge >= 0.3 is 0 Å². The van der Waals surface area contributed by atoms with E-state index in [1.54, 1.807) is 7.05 Å². The smallest absolute Gasteiger partial charge is 0.231 e. The van der Waals surface area contributed by atoms with Crippen LogP contribution in [0.2, 0.25) is 0 Å². The molecular formula is C19H29IN4O3. The van der Waals surface area contributed by atoms with Crippen LogP contribution in [0.1, 0.15) is 37.7 Å². The molecule has 1 heterocycles. The van der Waals surface area contributed by atoms with Gasteiger partial charge in [-0.05, 0) is 37.0 Å². The SMILES string of the molecule is CN=C(NCCC(=O)NC1CCCC1)NCCc1ccc2c(c1)OCO2.I. The van der Waals surface area contributed by atoms with E-state index in [1.807, 2.05) is 18.2 Å². The lowest BCUT2D eigenvalue weighted by Crippen LogP contribution is -2.41. The summed E-state index contributed by atoms with van der Waals surface area (Å²) >= 11 is 0. The van der Waals surface area contributed by atoms with E-state index in [0.717, 1.165) is 37.3 Å². The van der Waals surface area contributed by atoms with Gasteiger partial charge in [-0.15, -0.1) is 24.0 Å². The number of ether oxygens (including phenoxy) is 2. The fourth-order valence-electron chi connectivity index (χ4n) is 3.31. The summed E-state index contributed by atoms with van der Waals surface area (Å²) in [5.41, 5.74) is 1.17. The van der Waals surface area contributed by atoms with Crippen molar-refractivity contribution in [1.29, 1.82) is 0 Å². The van der Waals surface area contributed by atoms with Crippen molar-refractivity contribution in [3.8, 4) is 11.5 Å². The molecule has 2 aliphatic rings. The van der Waals surface area contributed by atoms with Crippen molar-refractivity contribution < 1.29 is 14.3 Å². The molecule has 0 aromatic heterocycles. The zero-order chi connectivity index (χ0) is 18.2. The highest BCUT2D eigenvalue weighted by molar-refractivity contribution is 14.0. The van der Waals surface area contributed by atoms with Crippen molar-refractivity contribution in [2.24, 2.45) is 4.99 Å². The first kappa shape index (κ1) is 21.6. The molecule has 1 fully saturated rings. The van der Waals surface area contributed by atoms with Gasteiger partial charge in [-0.2, -0.15) is 0 Å². The average molecular weight is 488 g/mol. The van der Waals surface area contributed by atoms with Crippen molar-refractivity contribution >= 4 is 35.8 Å². The zero-order valence-corrected chi connectivity index (χ0v) is 18.1. The van der Waals surface area contributed by atoms with Gasteiger partial charge in [0.2, 0.25) is 12.7 Å². The van der Waals surface area contributed by atoms with Crippen molar-refractivity contribution in [1.82, 2.24) is 16.0 Å². The van der Waals surface area contributed by atoms with Gasteiger partial charge < -0.3 is 25.4 Å². The van der Waals surface area contributed by atoms with E-state index in [-0.39, 0.29) is 29.9 Å². The van der Waals surface area contributed by atoms with Crippen LogP contribution in [0.5, 0.6) is 11.5 Å². The normalized spacial score (nSPS) is 16.0. The second-order valence-electron chi connectivity index (χ2n) is 6.66. The average Bonchev–Trinajstić information content (AvgIpc) is 3.31. The Hall–Kier alpha value is -1.71. The molecule has 3 N–H and O–H groups in total. The van der Waals surface area contributed by atoms with Gasteiger partial charge in [0, 0.05) is 32.6 Å². The van der Waals surface area contributed by atoms with Crippen LogP contribution in [0.3, 0.4) is 0 Å². The highest BCUT2D eigenvalue weighted by Crippen LogP contribution is 2.32. The number of halogens is 1. The lowest BCUT2D eigenvalue weighted by Gasteiger charge is -2.14.